The van der Waals surface area contributed by atoms with E-state index in [0.29, 0.717) is 25.7 Å². The monoisotopic (exact) mass is 1280 g/mol. The van der Waals surface area contributed by atoms with Crippen molar-refractivity contribution < 1.29 is 80.2 Å². The largest absolute Gasteiger partial charge is 0.472 e. The van der Waals surface area contributed by atoms with Crippen molar-refractivity contribution in [1.82, 2.24) is 0 Å². The third-order valence-corrected chi connectivity index (χ3v) is 17.7. The zero-order valence-electron chi connectivity index (χ0n) is 56.2. The Hall–Kier alpha value is -1.94. The maximum absolute atomic E-state index is 13.0. The molecular weight excluding hydrogens is 1150 g/mol. The molecule has 0 radical (unpaired) electrons. The molecule has 0 aliphatic carbocycles. The summed E-state index contributed by atoms with van der Waals surface area (Å²) in [6.07, 6.45) is 47.5. The van der Waals surface area contributed by atoms with E-state index in [0.717, 1.165) is 102 Å². The van der Waals surface area contributed by atoms with Crippen molar-refractivity contribution in [3.63, 3.8) is 0 Å². The molecule has 0 saturated carbocycles. The maximum atomic E-state index is 13.0. The maximum Gasteiger partial charge on any atom is 0.472 e. The van der Waals surface area contributed by atoms with E-state index in [-0.39, 0.29) is 25.7 Å². The smallest absolute Gasteiger partial charge is 0.462 e. The first-order chi connectivity index (χ1) is 42.0. The summed E-state index contributed by atoms with van der Waals surface area (Å²) in [4.78, 5) is 72.2. The van der Waals surface area contributed by atoms with Gasteiger partial charge < -0.3 is 33.8 Å². The fourth-order valence-corrected chi connectivity index (χ4v) is 11.9. The number of rotatable bonds is 68. The lowest BCUT2D eigenvalue weighted by Crippen LogP contribution is -2.30. The Morgan fingerprint density at radius 1 is 0.310 bits per heavy atom. The lowest BCUT2D eigenvalue weighted by Gasteiger charge is -2.21. The molecule has 0 rings (SSSR count). The first kappa shape index (κ1) is 85.1. The molecule has 0 aromatic carbocycles. The second kappa shape index (κ2) is 61.6. The van der Waals surface area contributed by atoms with Gasteiger partial charge in [0.05, 0.1) is 26.4 Å². The van der Waals surface area contributed by atoms with Gasteiger partial charge in [-0.2, -0.15) is 0 Å². The molecule has 0 aromatic heterocycles. The van der Waals surface area contributed by atoms with E-state index in [1.165, 1.54) is 167 Å². The Kier molecular flexibility index (Phi) is 60.2. The van der Waals surface area contributed by atoms with Crippen LogP contribution in [-0.4, -0.2) is 96.7 Å². The number of carbonyl (C=O) groups excluding carboxylic acids is 4. The van der Waals surface area contributed by atoms with Gasteiger partial charge in [0.1, 0.15) is 19.3 Å². The van der Waals surface area contributed by atoms with Crippen LogP contribution in [0, 0.1) is 5.92 Å². The summed E-state index contributed by atoms with van der Waals surface area (Å²) in [5.41, 5.74) is 0. The lowest BCUT2D eigenvalue weighted by atomic mass is 10.0. The van der Waals surface area contributed by atoms with E-state index in [4.69, 9.17) is 37.0 Å². The molecule has 0 saturated heterocycles. The highest BCUT2D eigenvalue weighted by atomic mass is 31.2. The Balaban J connectivity index is 5.15. The van der Waals surface area contributed by atoms with Gasteiger partial charge in [-0.15, -0.1) is 0 Å². The quantitative estimate of drug-likeness (QED) is 0.0222. The number of unbranched alkanes of at least 4 members (excludes halogenated alkanes) is 40. The summed E-state index contributed by atoms with van der Waals surface area (Å²) >= 11 is 0. The van der Waals surface area contributed by atoms with Gasteiger partial charge in [-0.1, -0.05) is 298 Å². The summed E-state index contributed by atoms with van der Waals surface area (Å²) in [7, 11) is -9.88. The van der Waals surface area contributed by atoms with Gasteiger partial charge in [0.15, 0.2) is 12.2 Å². The number of esters is 4. The van der Waals surface area contributed by atoms with Crippen LogP contribution in [0.1, 0.15) is 349 Å². The molecule has 0 aliphatic rings. The van der Waals surface area contributed by atoms with Gasteiger partial charge in [0.2, 0.25) is 0 Å². The van der Waals surface area contributed by atoms with Crippen molar-refractivity contribution in [3.05, 3.63) is 0 Å². The van der Waals surface area contributed by atoms with Crippen LogP contribution < -0.4 is 0 Å². The number of hydrogen-bond acceptors (Lipinski definition) is 15. The fourth-order valence-electron chi connectivity index (χ4n) is 10.3. The number of phosphoric ester groups is 2. The highest BCUT2D eigenvalue weighted by molar-refractivity contribution is 7.47. The average molecular weight is 1280 g/mol. The zero-order chi connectivity index (χ0) is 64.2. The molecule has 0 amide bonds. The highest BCUT2D eigenvalue weighted by Gasteiger charge is 2.30. The van der Waals surface area contributed by atoms with Crippen LogP contribution in [-0.2, 0) is 65.4 Å². The van der Waals surface area contributed by atoms with E-state index >= 15 is 0 Å². The Morgan fingerprint density at radius 3 is 0.782 bits per heavy atom. The van der Waals surface area contributed by atoms with Crippen LogP contribution in [0.5, 0.6) is 0 Å². The minimum absolute atomic E-state index is 0.106. The summed E-state index contributed by atoms with van der Waals surface area (Å²) in [5, 5.41) is 10.5. The Labute approximate surface area is 530 Å². The molecule has 0 heterocycles. The van der Waals surface area contributed by atoms with Crippen LogP contribution in [0.3, 0.4) is 0 Å². The van der Waals surface area contributed by atoms with Gasteiger partial charge >= 0.3 is 39.5 Å². The summed E-state index contributed by atoms with van der Waals surface area (Å²) in [6, 6.07) is 0. The van der Waals surface area contributed by atoms with E-state index < -0.39 is 97.5 Å². The van der Waals surface area contributed by atoms with Crippen molar-refractivity contribution >= 4 is 39.5 Å². The second-order valence-electron chi connectivity index (χ2n) is 25.0. The van der Waals surface area contributed by atoms with Crippen LogP contribution in [0.25, 0.3) is 0 Å². The predicted octanol–water partition coefficient (Wildman–Crippen LogP) is 19.4. The number of carbonyl (C=O) groups is 4. The lowest BCUT2D eigenvalue weighted by molar-refractivity contribution is -0.161. The van der Waals surface area contributed by atoms with Crippen molar-refractivity contribution in [2.45, 2.75) is 368 Å². The number of ether oxygens (including phenoxy) is 4. The molecule has 3 N–H and O–H groups in total. The summed E-state index contributed by atoms with van der Waals surface area (Å²) in [6.45, 7) is 7.17. The summed E-state index contributed by atoms with van der Waals surface area (Å²) < 4.78 is 68.0. The third kappa shape index (κ3) is 62.6. The molecule has 5 atom stereocenters. The van der Waals surface area contributed by atoms with Crippen LogP contribution in [0.2, 0.25) is 0 Å². The Bertz CT molecular complexity index is 1690. The number of phosphoric acid groups is 2. The third-order valence-electron chi connectivity index (χ3n) is 15.8. The molecule has 2 unspecified atom stereocenters. The van der Waals surface area contributed by atoms with Gasteiger partial charge in [0, 0.05) is 25.7 Å². The van der Waals surface area contributed by atoms with E-state index in [9.17, 15) is 43.2 Å². The van der Waals surface area contributed by atoms with Crippen molar-refractivity contribution in [2.75, 3.05) is 39.6 Å². The van der Waals surface area contributed by atoms with Gasteiger partial charge in [0.25, 0.3) is 0 Å². The molecule has 0 aliphatic heterocycles. The van der Waals surface area contributed by atoms with E-state index in [1.54, 1.807) is 0 Å². The Morgan fingerprint density at radius 2 is 0.529 bits per heavy atom. The highest BCUT2D eigenvalue weighted by Crippen LogP contribution is 2.45. The second-order valence-corrected chi connectivity index (χ2v) is 27.9. The molecule has 87 heavy (non-hydrogen) atoms. The van der Waals surface area contributed by atoms with E-state index in [1.807, 2.05) is 0 Å². The molecule has 0 fully saturated rings. The molecule has 0 spiro atoms. The molecule has 516 valence electrons. The van der Waals surface area contributed by atoms with Crippen molar-refractivity contribution in [1.29, 1.82) is 0 Å². The normalized spacial score (nSPS) is 14.1. The van der Waals surface area contributed by atoms with Crippen molar-refractivity contribution in [2.24, 2.45) is 5.92 Å². The van der Waals surface area contributed by atoms with Crippen LogP contribution in [0.4, 0.5) is 0 Å². The van der Waals surface area contributed by atoms with E-state index in [2.05, 4.69) is 34.6 Å². The number of aliphatic hydroxyl groups excluding tert-OH is 1. The molecule has 19 heteroatoms. The van der Waals surface area contributed by atoms with Crippen molar-refractivity contribution in [3.8, 4) is 0 Å². The fraction of sp³-hybridized carbons (Fsp3) is 0.941. The molecule has 0 aromatic rings. The standard InChI is InChI=1S/C68H132O17P2/c1-6-9-12-15-17-19-21-25-30-33-37-42-47-52-66(71)79-58-64(85-68(73)54-49-44-39-35-31-27-24-22-23-26-29-32-36-41-45-50-61(4)5)60-83-87(76,77)81-56-62(69)55-80-86(74,75)82-59-63(57-78-65(70)51-46-40-14-11-8-3)84-67(72)53-48-43-38-34-28-20-18-16-13-10-7-2/h61-64,69H,6-60H2,1-5H3,(H,74,75)(H,76,77)/t62-,63+,64+/m0/s1. The molecule has 0 bridgehead atoms. The zero-order valence-corrected chi connectivity index (χ0v) is 57.9. The SMILES string of the molecule is CCCCCCCCCCCCCCCC(=O)OC[C@H](COP(=O)(O)OC[C@@H](O)COP(=O)(O)OC[C@@H](COC(=O)CCCCCCC)OC(=O)CCCCCCCCCCCCC)OC(=O)CCCCCCCCCCCCCCCCCC(C)C. The minimum Gasteiger partial charge on any atom is -0.462 e. The van der Waals surface area contributed by atoms with Gasteiger partial charge in [-0.3, -0.25) is 37.3 Å². The van der Waals surface area contributed by atoms with Gasteiger partial charge in [-0.25, -0.2) is 9.13 Å². The number of hydrogen-bond donors (Lipinski definition) is 3. The van der Waals surface area contributed by atoms with Gasteiger partial charge in [-0.05, 0) is 31.6 Å². The predicted molar refractivity (Wildman–Crippen MR) is 349 cm³/mol. The average Bonchev–Trinajstić information content (AvgIpc) is 3.53. The topological polar surface area (TPSA) is 237 Å². The van der Waals surface area contributed by atoms with Crippen LogP contribution in [0.15, 0.2) is 0 Å². The van der Waals surface area contributed by atoms with Crippen LogP contribution >= 0.6 is 15.6 Å². The first-order valence-electron chi connectivity index (χ1n) is 35.6. The summed E-state index contributed by atoms with van der Waals surface area (Å²) in [5.74, 6) is -1.33. The molecule has 17 nitrogen and oxygen atoms in total. The first-order valence-corrected chi connectivity index (χ1v) is 38.6. The minimum atomic E-state index is -4.95. The molecular formula is C68H132O17P2. The number of aliphatic hydroxyl groups is 1.